The van der Waals surface area contributed by atoms with Crippen LogP contribution in [-0.4, -0.2) is 34.5 Å². The summed E-state index contributed by atoms with van der Waals surface area (Å²) in [4.78, 5) is 14.1. The fourth-order valence-electron chi connectivity index (χ4n) is 0.793. The maximum atomic E-state index is 10.6. The van der Waals surface area contributed by atoms with Crippen LogP contribution in [0.5, 0.6) is 0 Å². The minimum Gasteiger partial charge on any atom is -0.475 e. The van der Waals surface area contributed by atoms with Gasteiger partial charge in [0.15, 0.2) is 0 Å². The molecule has 1 aromatic rings. The van der Waals surface area contributed by atoms with Crippen molar-refractivity contribution in [3.8, 4) is 0 Å². The zero-order valence-electron chi connectivity index (χ0n) is 9.72. The van der Waals surface area contributed by atoms with E-state index < -0.39 is 12.1 Å². The predicted molar refractivity (Wildman–Crippen MR) is 70.4 cm³/mol. The van der Waals surface area contributed by atoms with Gasteiger partial charge < -0.3 is 10.8 Å². The van der Waals surface area contributed by atoms with Crippen LogP contribution in [0, 0.1) is 0 Å². The zero-order chi connectivity index (χ0) is 14.9. The first-order valence-electron chi connectivity index (χ1n) is 4.99. The fraction of sp³-hybridized carbons (Fsp3) is 0.400. The molecule has 19 heavy (non-hydrogen) atoms. The van der Waals surface area contributed by atoms with Crippen molar-refractivity contribution < 1.29 is 23.1 Å². The van der Waals surface area contributed by atoms with Gasteiger partial charge in [-0.15, -0.1) is 12.6 Å². The van der Waals surface area contributed by atoms with Crippen molar-refractivity contribution >= 4 is 30.4 Å². The number of pyridine rings is 1. The average molecular weight is 314 g/mol. The SMILES string of the molecule is NCCSCc1ncccc1S.O=C(O)C(F)(F)F. The molecule has 108 valence electrons. The number of alkyl halides is 3. The highest BCUT2D eigenvalue weighted by atomic mass is 32.2. The third-order valence-electron chi connectivity index (χ3n) is 1.61. The Kier molecular flexibility index (Phi) is 8.61. The summed E-state index contributed by atoms with van der Waals surface area (Å²) in [7, 11) is 0. The summed E-state index contributed by atoms with van der Waals surface area (Å²) in [5, 5.41) is 7.12. The van der Waals surface area contributed by atoms with Crippen molar-refractivity contribution in [2.45, 2.75) is 16.8 Å². The maximum absolute atomic E-state index is 10.6. The van der Waals surface area contributed by atoms with Crippen LogP contribution in [0.25, 0.3) is 0 Å². The number of nitrogens with zero attached hydrogens (tertiary/aromatic N) is 1. The fourth-order valence-corrected chi connectivity index (χ4v) is 1.86. The predicted octanol–water partition coefficient (Wildman–Crippen LogP) is 2.20. The molecule has 1 heterocycles. The van der Waals surface area contributed by atoms with Gasteiger partial charge in [0.05, 0.1) is 5.69 Å². The van der Waals surface area contributed by atoms with E-state index in [0.29, 0.717) is 0 Å². The smallest absolute Gasteiger partial charge is 0.475 e. The molecule has 0 atom stereocenters. The Morgan fingerprint density at radius 3 is 2.53 bits per heavy atom. The first-order chi connectivity index (χ1) is 8.79. The van der Waals surface area contributed by atoms with Gasteiger partial charge in [0.2, 0.25) is 0 Å². The third kappa shape index (κ3) is 8.73. The van der Waals surface area contributed by atoms with E-state index in [1.165, 1.54) is 0 Å². The highest BCUT2D eigenvalue weighted by Crippen LogP contribution is 2.16. The lowest BCUT2D eigenvalue weighted by Gasteiger charge is -2.01. The van der Waals surface area contributed by atoms with Crippen LogP contribution in [0.2, 0.25) is 0 Å². The largest absolute Gasteiger partial charge is 0.490 e. The van der Waals surface area contributed by atoms with Crippen LogP contribution in [0.1, 0.15) is 5.69 Å². The van der Waals surface area contributed by atoms with E-state index in [-0.39, 0.29) is 0 Å². The Morgan fingerprint density at radius 1 is 1.53 bits per heavy atom. The van der Waals surface area contributed by atoms with Crippen molar-refractivity contribution in [3.05, 3.63) is 24.0 Å². The van der Waals surface area contributed by atoms with Crippen molar-refractivity contribution in [3.63, 3.8) is 0 Å². The van der Waals surface area contributed by atoms with Gasteiger partial charge in [-0.1, -0.05) is 0 Å². The molecule has 0 bridgehead atoms. The number of aliphatic carboxylic acids is 1. The second-order valence-corrected chi connectivity index (χ2v) is 4.70. The molecular formula is C10H13F3N2O2S2. The number of carboxylic acid groups (broad SMARTS) is 1. The lowest BCUT2D eigenvalue weighted by molar-refractivity contribution is -0.192. The van der Waals surface area contributed by atoms with Crippen LogP contribution < -0.4 is 5.73 Å². The lowest BCUT2D eigenvalue weighted by Crippen LogP contribution is -2.21. The van der Waals surface area contributed by atoms with Gasteiger partial charge in [0.25, 0.3) is 0 Å². The number of nitrogens with two attached hydrogens (primary N) is 1. The number of thioether (sulfide) groups is 1. The topological polar surface area (TPSA) is 76.2 Å². The quantitative estimate of drug-likeness (QED) is 0.587. The molecule has 0 aliphatic carbocycles. The number of carbonyl (C=O) groups is 1. The first-order valence-corrected chi connectivity index (χ1v) is 6.60. The highest BCUT2D eigenvalue weighted by Gasteiger charge is 2.38. The Hall–Kier alpha value is -0.930. The molecule has 3 N–H and O–H groups in total. The number of aromatic nitrogens is 1. The highest BCUT2D eigenvalue weighted by molar-refractivity contribution is 7.98. The molecule has 0 aliphatic heterocycles. The Balaban J connectivity index is 0.000000399. The van der Waals surface area contributed by atoms with E-state index in [9.17, 15) is 13.2 Å². The minimum absolute atomic E-state index is 0.722. The number of thiol groups is 1. The van der Waals surface area contributed by atoms with Gasteiger partial charge in [-0.2, -0.15) is 24.9 Å². The monoisotopic (exact) mass is 314 g/mol. The van der Waals surface area contributed by atoms with E-state index in [4.69, 9.17) is 15.6 Å². The molecule has 0 fully saturated rings. The van der Waals surface area contributed by atoms with Crippen molar-refractivity contribution in [1.29, 1.82) is 0 Å². The van der Waals surface area contributed by atoms with Crippen LogP contribution in [-0.2, 0) is 10.5 Å². The molecule has 0 spiro atoms. The van der Waals surface area contributed by atoms with Gasteiger partial charge in [-0.3, -0.25) is 4.98 Å². The Labute approximate surface area is 118 Å². The Bertz CT molecular complexity index is 403. The normalized spacial score (nSPS) is 10.6. The molecule has 0 aromatic carbocycles. The van der Waals surface area contributed by atoms with Gasteiger partial charge in [0, 0.05) is 29.1 Å². The molecule has 9 heteroatoms. The van der Waals surface area contributed by atoms with E-state index in [1.54, 1.807) is 18.0 Å². The molecular weight excluding hydrogens is 301 g/mol. The zero-order valence-corrected chi connectivity index (χ0v) is 11.4. The Morgan fingerprint density at radius 2 is 2.11 bits per heavy atom. The second-order valence-electron chi connectivity index (χ2n) is 3.11. The molecule has 0 amide bonds. The number of hydrogen-bond donors (Lipinski definition) is 3. The van der Waals surface area contributed by atoms with Gasteiger partial charge in [-0.25, -0.2) is 4.79 Å². The van der Waals surface area contributed by atoms with Crippen LogP contribution in [0.15, 0.2) is 23.2 Å². The summed E-state index contributed by atoms with van der Waals surface area (Å²) in [6.45, 7) is 0.722. The van der Waals surface area contributed by atoms with Crippen molar-refractivity contribution in [1.82, 2.24) is 4.98 Å². The molecule has 0 saturated heterocycles. The number of halogens is 3. The van der Waals surface area contributed by atoms with Gasteiger partial charge in [0.1, 0.15) is 0 Å². The van der Waals surface area contributed by atoms with E-state index in [2.05, 4.69) is 17.6 Å². The first kappa shape index (κ1) is 18.1. The molecule has 1 rings (SSSR count). The van der Waals surface area contributed by atoms with Crippen LogP contribution >= 0.6 is 24.4 Å². The molecule has 0 radical (unpaired) electrons. The number of rotatable bonds is 4. The summed E-state index contributed by atoms with van der Waals surface area (Å²) in [6.07, 6.45) is -3.29. The van der Waals surface area contributed by atoms with Crippen LogP contribution in [0.4, 0.5) is 13.2 Å². The maximum Gasteiger partial charge on any atom is 0.490 e. The van der Waals surface area contributed by atoms with Crippen LogP contribution in [0.3, 0.4) is 0 Å². The lowest BCUT2D eigenvalue weighted by atomic mass is 10.4. The van der Waals surface area contributed by atoms with E-state index in [1.807, 2.05) is 12.1 Å². The molecule has 0 unspecified atom stereocenters. The summed E-state index contributed by atoms with van der Waals surface area (Å²) >= 11 is 6.08. The summed E-state index contributed by atoms with van der Waals surface area (Å²) < 4.78 is 31.7. The molecule has 0 saturated carbocycles. The summed E-state index contributed by atoms with van der Waals surface area (Å²) in [6, 6.07) is 3.84. The minimum atomic E-state index is -5.08. The molecule has 1 aromatic heterocycles. The number of hydrogen-bond acceptors (Lipinski definition) is 5. The van der Waals surface area contributed by atoms with Gasteiger partial charge >= 0.3 is 12.1 Å². The second kappa shape index (κ2) is 9.05. The van der Waals surface area contributed by atoms with E-state index in [0.717, 1.165) is 28.6 Å². The summed E-state index contributed by atoms with van der Waals surface area (Å²) in [5.41, 5.74) is 6.41. The standard InChI is InChI=1S/C8H12N2S2.C2HF3O2/c9-3-5-12-6-7-8(11)2-1-4-10-7;3-2(4,5)1(6)7/h1-2,4,11H,3,5-6,9H2;(H,6,7). The summed E-state index contributed by atoms with van der Waals surface area (Å²) in [5.74, 6) is -0.881. The average Bonchev–Trinajstić information content (AvgIpc) is 2.31. The number of carboxylic acids is 1. The third-order valence-corrected chi connectivity index (χ3v) is 3.02. The van der Waals surface area contributed by atoms with Gasteiger partial charge in [-0.05, 0) is 12.1 Å². The molecule has 4 nitrogen and oxygen atoms in total. The molecule has 0 aliphatic rings. The van der Waals surface area contributed by atoms with Crippen molar-refractivity contribution in [2.24, 2.45) is 5.73 Å². The van der Waals surface area contributed by atoms with E-state index >= 15 is 0 Å². The van der Waals surface area contributed by atoms with Crippen molar-refractivity contribution in [2.75, 3.05) is 12.3 Å².